The van der Waals surface area contributed by atoms with E-state index in [9.17, 15) is 10.2 Å². The molecule has 3 heteroatoms. The van der Waals surface area contributed by atoms with Gasteiger partial charge in [0.05, 0.1) is 0 Å². The van der Waals surface area contributed by atoms with E-state index in [0.29, 0.717) is 6.42 Å². The first kappa shape index (κ1) is 12.6. The Hall–Kier alpha value is -0.380. The average Bonchev–Trinajstić information content (AvgIpc) is 2.54. The number of hydrogen-bond donors (Lipinski definition) is 2. The van der Waals surface area contributed by atoms with Crippen molar-refractivity contribution in [3.05, 3.63) is 11.6 Å². The zero-order valence-electron chi connectivity index (χ0n) is 11.8. The maximum atomic E-state index is 11.2. The summed E-state index contributed by atoms with van der Waals surface area (Å²) in [4.78, 5) is 0. The van der Waals surface area contributed by atoms with Crippen molar-refractivity contribution >= 4 is 0 Å². The normalized spacial score (nSPS) is 53.9. The molecule has 2 heterocycles. The molecule has 1 saturated heterocycles. The van der Waals surface area contributed by atoms with Crippen molar-refractivity contribution in [3.63, 3.8) is 0 Å². The summed E-state index contributed by atoms with van der Waals surface area (Å²) in [5.74, 6) is -1.00. The van der Waals surface area contributed by atoms with Crippen LogP contribution in [0, 0.1) is 11.3 Å². The van der Waals surface area contributed by atoms with Crippen molar-refractivity contribution in [2.24, 2.45) is 11.3 Å². The predicted molar refractivity (Wildman–Crippen MR) is 68.9 cm³/mol. The van der Waals surface area contributed by atoms with Gasteiger partial charge in [-0.05, 0) is 49.2 Å². The molecule has 3 rings (SSSR count). The van der Waals surface area contributed by atoms with Gasteiger partial charge in [0.25, 0.3) is 0 Å². The summed E-state index contributed by atoms with van der Waals surface area (Å²) in [7, 11) is 0. The third-order valence-electron chi connectivity index (χ3n) is 5.37. The lowest BCUT2D eigenvalue weighted by Gasteiger charge is -2.40. The second kappa shape index (κ2) is 3.20. The van der Waals surface area contributed by atoms with Crippen LogP contribution < -0.4 is 0 Å². The quantitative estimate of drug-likeness (QED) is 0.651. The Morgan fingerprint density at radius 1 is 1.28 bits per heavy atom. The zero-order chi connectivity index (χ0) is 13.4. The molecule has 18 heavy (non-hydrogen) atoms. The number of fused-ring (bicyclic) bond motifs is 1. The van der Waals surface area contributed by atoms with Gasteiger partial charge in [-0.2, -0.15) is 0 Å². The van der Waals surface area contributed by atoms with Crippen molar-refractivity contribution < 1.29 is 14.9 Å². The Labute approximate surface area is 109 Å². The van der Waals surface area contributed by atoms with Crippen LogP contribution in [0.1, 0.15) is 53.4 Å². The third-order valence-corrected chi connectivity index (χ3v) is 5.37. The minimum absolute atomic E-state index is 0.0440. The molecule has 2 aliphatic heterocycles. The van der Waals surface area contributed by atoms with Gasteiger partial charge in [0.15, 0.2) is 5.79 Å². The SMILES string of the molecule is CC1=C[C@@]23CC(C)(C)C[C@@]2(O)[C@H](C)CC[C@]1(O)O3. The molecule has 1 aliphatic carbocycles. The van der Waals surface area contributed by atoms with Crippen molar-refractivity contribution in [1.82, 2.24) is 0 Å². The summed E-state index contributed by atoms with van der Waals surface area (Å²) in [6, 6.07) is 0. The molecule has 0 radical (unpaired) electrons. The highest BCUT2D eigenvalue weighted by Gasteiger charge is 2.68. The van der Waals surface area contributed by atoms with E-state index in [4.69, 9.17) is 4.74 Å². The van der Waals surface area contributed by atoms with Crippen LogP contribution in [0.25, 0.3) is 0 Å². The molecule has 1 saturated carbocycles. The molecule has 0 amide bonds. The minimum Gasteiger partial charge on any atom is -0.386 e. The molecule has 2 N–H and O–H groups in total. The summed E-state index contributed by atoms with van der Waals surface area (Å²) in [5.41, 5.74) is -0.627. The maximum absolute atomic E-state index is 11.2. The van der Waals surface area contributed by atoms with Gasteiger partial charge in [0.2, 0.25) is 0 Å². The van der Waals surface area contributed by atoms with Gasteiger partial charge in [-0.3, -0.25) is 0 Å². The van der Waals surface area contributed by atoms with Gasteiger partial charge < -0.3 is 14.9 Å². The topological polar surface area (TPSA) is 49.7 Å². The molecule has 2 fully saturated rings. The van der Waals surface area contributed by atoms with Crippen molar-refractivity contribution in [2.45, 2.75) is 70.4 Å². The number of hydrogen-bond acceptors (Lipinski definition) is 3. The summed E-state index contributed by atoms with van der Waals surface area (Å²) in [6.45, 7) is 8.34. The van der Waals surface area contributed by atoms with E-state index < -0.39 is 17.0 Å². The minimum atomic E-state index is -1.15. The third kappa shape index (κ3) is 1.36. The molecule has 3 aliphatic rings. The van der Waals surface area contributed by atoms with Gasteiger partial charge in [-0.15, -0.1) is 0 Å². The largest absolute Gasteiger partial charge is 0.386 e. The highest BCUT2D eigenvalue weighted by Crippen LogP contribution is 2.62. The molecule has 1 spiro atoms. The molecule has 0 unspecified atom stereocenters. The van der Waals surface area contributed by atoms with Gasteiger partial charge >= 0.3 is 0 Å². The van der Waals surface area contributed by atoms with E-state index >= 15 is 0 Å². The molecule has 4 atom stereocenters. The predicted octanol–water partition coefficient (Wildman–Crippen LogP) is 2.37. The standard InChI is InChI=1S/C15H24O3/c1-10-5-6-15(17)11(2)7-13(18-15)8-12(3,4)9-14(10,13)16/h7,10,16-17H,5-6,8-9H2,1-4H3/t10-,13-,14-,15+/m1/s1. The van der Waals surface area contributed by atoms with Crippen LogP contribution in [-0.2, 0) is 4.74 Å². The van der Waals surface area contributed by atoms with Gasteiger partial charge in [0.1, 0.15) is 11.2 Å². The van der Waals surface area contributed by atoms with Crippen LogP contribution in [0.5, 0.6) is 0 Å². The molecular weight excluding hydrogens is 228 g/mol. The Kier molecular flexibility index (Phi) is 2.24. The van der Waals surface area contributed by atoms with Crippen LogP contribution in [0.4, 0.5) is 0 Å². The molecular formula is C15H24O3. The monoisotopic (exact) mass is 252 g/mol. The second-order valence-electron chi connectivity index (χ2n) is 7.49. The number of rotatable bonds is 0. The fourth-order valence-corrected chi connectivity index (χ4v) is 4.47. The van der Waals surface area contributed by atoms with Crippen LogP contribution >= 0.6 is 0 Å². The summed E-state index contributed by atoms with van der Waals surface area (Å²) in [5, 5.41) is 21.8. The average molecular weight is 252 g/mol. The first-order valence-electron chi connectivity index (χ1n) is 6.97. The molecule has 2 bridgehead atoms. The molecule has 3 nitrogen and oxygen atoms in total. The van der Waals surface area contributed by atoms with Crippen LogP contribution in [-0.4, -0.2) is 27.2 Å². The van der Waals surface area contributed by atoms with Crippen LogP contribution in [0.15, 0.2) is 11.6 Å². The fraction of sp³-hybridized carbons (Fsp3) is 0.867. The lowest BCUT2D eigenvalue weighted by molar-refractivity contribution is -0.245. The van der Waals surface area contributed by atoms with Crippen molar-refractivity contribution in [1.29, 1.82) is 0 Å². The lowest BCUT2D eigenvalue weighted by atomic mass is 9.73. The zero-order valence-corrected chi connectivity index (χ0v) is 11.8. The molecule has 0 aromatic carbocycles. The molecule has 0 aromatic rings. The Morgan fingerprint density at radius 2 is 1.94 bits per heavy atom. The first-order valence-corrected chi connectivity index (χ1v) is 6.97. The number of aliphatic hydroxyl groups is 2. The van der Waals surface area contributed by atoms with E-state index in [1.165, 1.54) is 0 Å². The van der Waals surface area contributed by atoms with E-state index in [0.717, 1.165) is 24.8 Å². The van der Waals surface area contributed by atoms with E-state index in [2.05, 4.69) is 20.8 Å². The Balaban J connectivity index is 2.15. The first-order chi connectivity index (χ1) is 8.13. The lowest BCUT2D eigenvalue weighted by Crippen LogP contribution is -2.53. The summed E-state index contributed by atoms with van der Waals surface area (Å²) in [6.07, 6.45) is 4.90. The summed E-state index contributed by atoms with van der Waals surface area (Å²) < 4.78 is 6.06. The van der Waals surface area contributed by atoms with Crippen molar-refractivity contribution in [2.75, 3.05) is 0 Å². The van der Waals surface area contributed by atoms with Crippen LogP contribution in [0.2, 0.25) is 0 Å². The highest BCUT2D eigenvalue weighted by molar-refractivity contribution is 5.33. The van der Waals surface area contributed by atoms with E-state index in [1.807, 2.05) is 13.0 Å². The molecule has 102 valence electrons. The van der Waals surface area contributed by atoms with E-state index in [-0.39, 0.29) is 11.3 Å². The van der Waals surface area contributed by atoms with Gasteiger partial charge in [-0.25, -0.2) is 0 Å². The van der Waals surface area contributed by atoms with Crippen LogP contribution in [0.3, 0.4) is 0 Å². The second-order valence-corrected chi connectivity index (χ2v) is 7.49. The van der Waals surface area contributed by atoms with Gasteiger partial charge in [-0.1, -0.05) is 20.8 Å². The van der Waals surface area contributed by atoms with Crippen molar-refractivity contribution in [3.8, 4) is 0 Å². The maximum Gasteiger partial charge on any atom is 0.189 e. The van der Waals surface area contributed by atoms with Gasteiger partial charge in [0, 0.05) is 6.42 Å². The fourth-order valence-electron chi connectivity index (χ4n) is 4.47. The summed E-state index contributed by atoms with van der Waals surface area (Å²) >= 11 is 0. The smallest absolute Gasteiger partial charge is 0.189 e. The Morgan fingerprint density at radius 3 is 2.61 bits per heavy atom. The van der Waals surface area contributed by atoms with E-state index in [1.54, 1.807) is 0 Å². The molecule has 0 aromatic heterocycles. The Bertz CT molecular complexity index is 427. The highest BCUT2D eigenvalue weighted by atomic mass is 16.7. The number of ether oxygens (including phenoxy) is 1.